The summed E-state index contributed by atoms with van der Waals surface area (Å²) in [5, 5.41) is 23.9. The summed E-state index contributed by atoms with van der Waals surface area (Å²) in [5.74, 6) is -2.82. The summed E-state index contributed by atoms with van der Waals surface area (Å²) >= 11 is 0. The molecule has 0 saturated carbocycles. The highest BCUT2D eigenvalue weighted by Gasteiger charge is 2.49. The predicted molar refractivity (Wildman–Crippen MR) is 80.8 cm³/mol. The van der Waals surface area contributed by atoms with Gasteiger partial charge in [0.2, 0.25) is 0 Å². The summed E-state index contributed by atoms with van der Waals surface area (Å²) in [6.45, 7) is 3.20. The fourth-order valence-electron chi connectivity index (χ4n) is 2.93. The molecular weight excluding hydrogens is 322 g/mol. The molecule has 1 unspecified atom stereocenters. The summed E-state index contributed by atoms with van der Waals surface area (Å²) in [4.78, 5) is 30.1. The maximum atomic E-state index is 12.0. The number of carboxylic acid groups (broad SMARTS) is 1. The molecule has 3 aliphatic heterocycles. The number of nitrogens with one attached hydrogen (secondary N) is 1. The van der Waals surface area contributed by atoms with Crippen molar-refractivity contribution in [3.05, 3.63) is 21.6 Å². The number of hydrogen-bond acceptors (Lipinski definition) is 9. The van der Waals surface area contributed by atoms with Gasteiger partial charge in [0.05, 0.1) is 31.4 Å². The monoisotopic (exact) mass is 341 g/mol. The van der Waals surface area contributed by atoms with Crippen LogP contribution in [0.25, 0.3) is 0 Å². The van der Waals surface area contributed by atoms with Gasteiger partial charge >= 0.3 is 11.7 Å². The number of carbonyl (C=O) groups is 1. The van der Waals surface area contributed by atoms with Crippen LogP contribution in [0.1, 0.15) is 0 Å². The van der Waals surface area contributed by atoms with E-state index >= 15 is 0 Å². The number of allylic oxidation sites excluding steroid dienone is 1. The van der Waals surface area contributed by atoms with E-state index in [4.69, 9.17) is 9.47 Å². The highest BCUT2D eigenvalue weighted by atomic mass is 16.6. The van der Waals surface area contributed by atoms with Crippen LogP contribution in [0.15, 0.2) is 16.5 Å². The topological polar surface area (TPSA) is 130 Å². The van der Waals surface area contributed by atoms with Crippen molar-refractivity contribution < 1.29 is 24.3 Å². The fraction of sp³-hybridized carbons (Fsp3) is 0.692. The number of carboxylic acids is 1. The van der Waals surface area contributed by atoms with Gasteiger partial charge in [-0.1, -0.05) is 0 Å². The molecule has 3 rings (SSSR count). The molecule has 2 fully saturated rings. The number of aliphatic carboxylic acids is 1. The van der Waals surface area contributed by atoms with E-state index in [2.05, 4.69) is 10.3 Å². The minimum absolute atomic E-state index is 0.159. The van der Waals surface area contributed by atoms with E-state index in [-0.39, 0.29) is 11.5 Å². The third-order valence-corrected chi connectivity index (χ3v) is 4.20. The molecule has 11 nitrogen and oxygen atoms in total. The lowest BCUT2D eigenvalue weighted by molar-refractivity contribution is -0.417. The van der Waals surface area contributed by atoms with Crippen molar-refractivity contribution in [3.63, 3.8) is 0 Å². The molecule has 1 atom stereocenters. The van der Waals surface area contributed by atoms with Crippen LogP contribution in [0, 0.1) is 10.1 Å². The van der Waals surface area contributed by atoms with Crippen molar-refractivity contribution >= 4 is 12.2 Å². The zero-order valence-electron chi connectivity index (χ0n) is 13.0. The third kappa shape index (κ3) is 2.92. The molecular formula is C13H19N5O6. The standard InChI is InChI=1S/C13H19N5O6/c19-12(20)13(17-3-7-24-8-4-17)14-9-10(18(21)22)11(15-13)16-1-5-23-6-2-16/h9,15H,1-8H2,(H,19,20). The van der Waals surface area contributed by atoms with Gasteiger partial charge in [0.15, 0.2) is 5.82 Å². The molecule has 24 heavy (non-hydrogen) atoms. The number of aliphatic imine (C=N–C) groups is 1. The van der Waals surface area contributed by atoms with Crippen LogP contribution in [0.5, 0.6) is 0 Å². The number of hydrogen-bond donors (Lipinski definition) is 2. The zero-order valence-corrected chi connectivity index (χ0v) is 13.0. The average molecular weight is 341 g/mol. The van der Waals surface area contributed by atoms with E-state index < -0.39 is 16.7 Å². The molecule has 0 bridgehead atoms. The summed E-state index contributed by atoms with van der Waals surface area (Å²) in [6.07, 6.45) is 1.03. The number of nitro groups is 1. The van der Waals surface area contributed by atoms with E-state index in [9.17, 15) is 20.0 Å². The molecule has 11 heteroatoms. The van der Waals surface area contributed by atoms with Crippen LogP contribution >= 0.6 is 0 Å². The normalized spacial score (nSPS) is 28.6. The SMILES string of the molecule is O=C(O)C1(N2CCOCC2)N=CC([N+](=O)[O-])=C(N2CCOCC2)N1. The highest BCUT2D eigenvalue weighted by molar-refractivity contribution is 5.86. The number of rotatable bonds is 4. The molecule has 3 heterocycles. The van der Waals surface area contributed by atoms with Gasteiger partial charge in [0.25, 0.3) is 5.79 Å². The second-order valence-corrected chi connectivity index (χ2v) is 5.55. The van der Waals surface area contributed by atoms with Crippen LogP contribution in [-0.4, -0.2) is 90.4 Å². The molecule has 0 aromatic heterocycles. The highest BCUT2D eigenvalue weighted by Crippen LogP contribution is 2.25. The zero-order chi connectivity index (χ0) is 17.2. The van der Waals surface area contributed by atoms with Gasteiger partial charge < -0.3 is 24.8 Å². The van der Waals surface area contributed by atoms with Crippen LogP contribution < -0.4 is 5.32 Å². The van der Waals surface area contributed by atoms with Crippen molar-refractivity contribution in [2.24, 2.45) is 4.99 Å². The summed E-state index contributed by atoms with van der Waals surface area (Å²) in [5.41, 5.74) is -0.248. The first kappa shape index (κ1) is 16.6. The van der Waals surface area contributed by atoms with Crippen molar-refractivity contribution in [2.75, 3.05) is 52.6 Å². The van der Waals surface area contributed by atoms with E-state index in [1.165, 1.54) is 0 Å². The molecule has 0 aliphatic carbocycles. The van der Waals surface area contributed by atoms with Gasteiger partial charge in [-0.2, -0.15) is 0 Å². The number of ether oxygens (including phenoxy) is 2. The summed E-state index contributed by atoms with van der Waals surface area (Å²) < 4.78 is 10.5. The van der Waals surface area contributed by atoms with E-state index in [1.54, 1.807) is 9.80 Å². The van der Waals surface area contributed by atoms with Crippen LogP contribution in [-0.2, 0) is 14.3 Å². The largest absolute Gasteiger partial charge is 0.477 e. The fourth-order valence-corrected chi connectivity index (χ4v) is 2.93. The second kappa shape index (κ2) is 6.71. The smallest absolute Gasteiger partial charge is 0.369 e. The maximum absolute atomic E-state index is 12.0. The van der Waals surface area contributed by atoms with Gasteiger partial charge in [0.1, 0.15) is 6.21 Å². The molecule has 2 saturated heterocycles. The first-order valence-electron chi connectivity index (χ1n) is 7.65. The Morgan fingerprint density at radius 3 is 2.38 bits per heavy atom. The van der Waals surface area contributed by atoms with Crippen LogP contribution in [0.4, 0.5) is 0 Å². The average Bonchev–Trinajstić information content (AvgIpc) is 2.62. The lowest BCUT2D eigenvalue weighted by atomic mass is 10.2. The second-order valence-electron chi connectivity index (χ2n) is 5.55. The maximum Gasteiger partial charge on any atom is 0.369 e. The Bertz CT molecular complexity index is 581. The molecule has 0 spiro atoms. The van der Waals surface area contributed by atoms with Crippen LogP contribution in [0.3, 0.4) is 0 Å². The Balaban J connectivity index is 1.95. The van der Waals surface area contributed by atoms with Gasteiger partial charge in [-0.3, -0.25) is 10.1 Å². The number of nitrogens with zero attached hydrogens (tertiary/aromatic N) is 4. The van der Waals surface area contributed by atoms with Crippen molar-refractivity contribution in [2.45, 2.75) is 5.79 Å². The molecule has 2 N–H and O–H groups in total. The minimum Gasteiger partial charge on any atom is -0.477 e. The van der Waals surface area contributed by atoms with E-state index in [0.29, 0.717) is 52.6 Å². The minimum atomic E-state index is -1.77. The lowest BCUT2D eigenvalue weighted by Gasteiger charge is -2.43. The Morgan fingerprint density at radius 1 is 1.25 bits per heavy atom. The molecule has 0 aromatic rings. The quantitative estimate of drug-likeness (QED) is 0.464. The molecule has 0 radical (unpaired) electrons. The van der Waals surface area contributed by atoms with Gasteiger partial charge in [-0.25, -0.2) is 14.7 Å². The molecule has 132 valence electrons. The van der Waals surface area contributed by atoms with E-state index in [1.807, 2.05) is 0 Å². The molecule has 0 amide bonds. The van der Waals surface area contributed by atoms with Crippen molar-refractivity contribution in [3.8, 4) is 0 Å². The third-order valence-electron chi connectivity index (χ3n) is 4.20. The predicted octanol–water partition coefficient (Wildman–Crippen LogP) is -1.49. The van der Waals surface area contributed by atoms with Gasteiger partial charge in [-0.05, 0) is 0 Å². The first-order valence-corrected chi connectivity index (χ1v) is 7.65. The Labute approximate surface area is 137 Å². The summed E-state index contributed by atoms with van der Waals surface area (Å²) in [6, 6.07) is 0. The number of morpholine rings is 2. The van der Waals surface area contributed by atoms with Crippen molar-refractivity contribution in [1.82, 2.24) is 15.1 Å². The Kier molecular flexibility index (Phi) is 4.64. The molecule has 0 aromatic carbocycles. The Hall–Kier alpha value is -2.24. The molecule has 3 aliphatic rings. The Morgan fingerprint density at radius 2 is 1.83 bits per heavy atom. The van der Waals surface area contributed by atoms with Crippen molar-refractivity contribution in [1.29, 1.82) is 0 Å². The van der Waals surface area contributed by atoms with Crippen LogP contribution in [0.2, 0.25) is 0 Å². The van der Waals surface area contributed by atoms with E-state index in [0.717, 1.165) is 6.21 Å². The lowest BCUT2D eigenvalue weighted by Crippen LogP contribution is -2.67. The summed E-state index contributed by atoms with van der Waals surface area (Å²) in [7, 11) is 0. The van der Waals surface area contributed by atoms with Gasteiger partial charge in [0, 0.05) is 26.2 Å². The first-order chi connectivity index (χ1) is 11.5. The van der Waals surface area contributed by atoms with Gasteiger partial charge in [-0.15, -0.1) is 0 Å².